The number of ether oxygens (including phenoxy) is 1. The first-order chi connectivity index (χ1) is 5.86. The van der Waals surface area contributed by atoms with Gasteiger partial charge in [-0.25, -0.2) is 0 Å². The molecule has 1 saturated heterocycles. The second kappa shape index (κ2) is 5.55. The summed E-state index contributed by atoms with van der Waals surface area (Å²) in [4.78, 5) is 2.48. The predicted molar refractivity (Wildman–Crippen MR) is 51.4 cm³/mol. The monoisotopic (exact) mass is 171 g/mol. The summed E-state index contributed by atoms with van der Waals surface area (Å²) in [7, 11) is 0. The van der Waals surface area contributed by atoms with Gasteiger partial charge in [-0.05, 0) is 38.9 Å². The summed E-state index contributed by atoms with van der Waals surface area (Å²) in [6.45, 7) is 9.12. The zero-order valence-electron chi connectivity index (χ0n) is 8.38. The molecular weight excluding hydrogens is 150 g/mol. The smallest absolute Gasteiger partial charge is 0.0810 e. The van der Waals surface area contributed by atoms with E-state index in [1.807, 2.05) is 0 Å². The summed E-state index contributed by atoms with van der Waals surface area (Å²) in [5.41, 5.74) is 0. The Hall–Kier alpha value is -0.0800. The lowest BCUT2D eigenvalue weighted by Crippen LogP contribution is -2.23. The van der Waals surface area contributed by atoms with Gasteiger partial charge in [0.1, 0.15) is 0 Å². The predicted octanol–water partition coefficient (Wildman–Crippen LogP) is 1.90. The third kappa shape index (κ3) is 4.07. The van der Waals surface area contributed by atoms with Crippen LogP contribution in [0.2, 0.25) is 0 Å². The number of hydrogen-bond acceptors (Lipinski definition) is 2. The summed E-state index contributed by atoms with van der Waals surface area (Å²) in [6.07, 6.45) is 4.57. The summed E-state index contributed by atoms with van der Waals surface area (Å²) in [6, 6.07) is 0. The van der Waals surface area contributed by atoms with Crippen molar-refractivity contribution >= 4 is 0 Å². The first kappa shape index (κ1) is 10.0. The van der Waals surface area contributed by atoms with Gasteiger partial charge in [0.25, 0.3) is 0 Å². The Morgan fingerprint density at radius 2 is 1.92 bits per heavy atom. The molecule has 0 spiro atoms. The third-order valence-electron chi connectivity index (χ3n) is 2.55. The van der Waals surface area contributed by atoms with E-state index in [0.29, 0.717) is 6.10 Å². The summed E-state index contributed by atoms with van der Waals surface area (Å²) >= 11 is 0. The molecule has 0 N–H and O–H groups in total. The molecule has 1 unspecified atom stereocenters. The van der Waals surface area contributed by atoms with E-state index >= 15 is 0 Å². The van der Waals surface area contributed by atoms with E-state index in [4.69, 9.17) is 4.74 Å². The van der Waals surface area contributed by atoms with Gasteiger partial charge in [0.05, 0.1) is 12.7 Å². The Bertz CT molecular complexity index is 108. The maximum Gasteiger partial charge on any atom is 0.0810 e. The largest absolute Gasteiger partial charge is 0.373 e. The molecule has 0 aromatic rings. The van der Waals surface area contributed by atoms with E-state index in [0.717, 1.165) is 6.61 Å². The van der Waals surface area contributed by atoms with Crippen molar-refractivity contribution in [3.8, 4) is 0 Å². The molecule has 1 fully saturated rings. The lowest BCUT2D eigenvalue weighted by molar-refractivity contribution is 0.292. The van der Waals surface area contributed by atoms with Crippen LogP contribution in [0.4, 0.5) is 0 Å². The molecule has 2 nitrogen and oxygen atoms in total. The van der Waals surface area contributed by atoms with Crippen molar-refractivity contribution in [2.24, 2.45) is 0 Å². The molecular formula is C10H21NO. The Balaban J connectivity index is 1.85. The molecule has 0 aromatic heterocycles. The Labute approximate surface area is 75.9 Å². The third-order valence-corrected chi connectivity index (χ3v) is 2.55. The van der Waals surface area contributed by atoms with Crippen molar-refractivity contribution in [1.82, 2.24) is 4.90 Å². The van der Waals surface area contributed by atoms with Crippen molar-refractivity contribution in [3.63, 3.8) is 0 Å². The quantitative estimate of drug-likeness (QED) is 0.429. The molecule has 1 aliphatic rings. The second-order valence-corrected chi connectivity index (χ2v) is 3.48. The van der Waals surface area contributed by atoms with Crippen molar-refractivity contribution < 1.29 is 4.74 Å². The van der Waals surface area contributed by atoms with Crippen LogP contribution in [-0.2, 0) is 4.74 Å². The molecule has 1 atom stereocenters. The van der Waals surface area contributed by atoms with Gasteiger partial charge in [-0.2, -0.15) is 0 Å². The average molecular weight is 171 g/mol. The van der Waals surface area contributed by atoms with Gasteiger partial charge in [-0.1, -0.05) is 13.8 Å². The van der Waals surface area contributed by atoms with Crippen LogP contribution in [0.3, 0.4) is 0 Å². The SMILES string of the molecule is CCN(CC)CCCCC1CO1. The van der Waals surface area contributed by atoms with Crippen LogP contribution >= 0.6 is 0 Å². The minimum atomic E-state index is 0.627. The van der Waals surface area contributed by atoms with Gasteiger partial charge < -0.3 is 9.64 Å². The Morgan fingerprint density at radius 3 is 2.42 bits per heavy atom. The summed E-state index contributed by atoms with van der Waals surface area (Å²) < 4.78 is 5.15. The first-order valence-corrected chi connectivity index (χ1v) is 5.20. The van der Waals surface area contributed by atoms with Crippen molar-refractivity contribution in [3.05, 3.63) is 0 Å². The topological polar surface area (TPSA) is 15.8 Å². The van der Waals surface area contributed by atoms with Crippen LogP contribution in [0.25, 0.3) is 0 Å². The van der Waals surface area contributed by atoms with Crippen molar-refractivity contribution in [1.29, 1.82) is 0 Å². The van der Waals surface area contributed by atoms with Crippen LogP contribution in [-0.4, -0.2) is 37.2 Å². The standard InChI is InChI=1S/C10H21NO/c1-3-11(4-2)8-6-5-7-10-9-12-10/h10H,3-9H2,1-2H3. The maximum atomic E-state index is 5.15. The van der Waals surface area contributed by atoms with Gasteiger partial charge in [0.15, 0.2) is 0 Å². The van der Waals surface area contributed by atoms with E-state index in [2.05, 4.69) is 18.7 Å². The van der Waals surface area contributed by atoms with Gasteiger partial charge >= 0.3 is 0 Å². The highest BCUT2D eigenvalue weighted by atomic mass is 16.6. The van der Waals surface area contributed by atoms with Crippen LogP contribution < -0.4 is 0 Å². The number of hydrogen-bond donors (Lipinski definition) is 0. The molecule has 0 saturated carbocycles. The highest BCUT2D eigenvalue weighted by Gasteiger charge is 2.20. The van der Waals surface area contributed by atoms with Gasteiger partial charge in [-0.15, -0.1) is 0 Å². The van der Waals surface area contributed by atoms with E-state index in [9.17, 15) is 0 Å². The number of epoxide rings is 1. The minimum Gasteiger partial charge on any atom is -0.373 e. The van der Waals surface area contributed by atoms with Crippen LogP contribution in [0.1, 0.15) is 33.1 Å². The number of unbranched alkanes of at least 4 members (excludes halogenated alkanes) is 1. The van der Waals surface area contributed by atoms with Crippen LogP contribution in [0, 0.1) is 0 Å². The molecule has 1 heterocycles. The molecule has 2 heteroatoms. The van der Waals surface area contributed by atoms with Crippen molar-refractivity contribution in [2.45, 2.75) is 39.2 Å². The summed E-state index contributed by atoms with van der Waals surface area (Å²) in [5.74, 6) is 0. The van der Waals surface area contributed by atoms with E-state index < -0.39 is 0 Å². The lowest BCUT2D eigenvalue weighted by atomic mass is 10.2. The molecule has 0 amide bonds. The highest BCUT2D eigenvalue weighted by Crippen LogP contribution is 2.16. The molecule has 1 aliphatic heterocycles. The first-order valence-electron chi connectivity index (χ1n) is 5.20. The minimum absolute atomic E-state index is 0.627. The van der Waals surface area contributed by atoms with Crippen LogP contribution in [0.15, 0.2) is 0 Å². The number of nitrogens with zero attached hydrogens (tertiary/aromatic N) is 1. The van der Waals surface area contributed by atoms with E-state index in [1.54, 1.807) is 0 Å². The molecule has 12 heavy (non-hydrogen) atoms. The van der Waals surface area contributed by atoms with Gasteiger partial charge in [0.2, 0.25) is 0 Å². The van der Waals surface area contributed by atoms with Crippen molar-refractivity contribution in [2.75, 3.05) is 26.2 Å². The van der Waals surface area contributed by atoms with Gasteiger partial charge in [-0.3, -0.25) is 0 Å². The normalized spacial score (nSPS) is 21.8. The average Bonchev–Trinajstić information content (AvgIpc) is 2.89. The zero-order chi connectivity index (χ0) is 8.81. The summed E-state index contributed by atoms with van der Waals surface area (Å²) in [5, 5.41) is 0. The van der Waals surface area contributed by atoms with E-state index in [1.165, 1.54) is 38.9 Å². The second-order valence-electron chi connectivity index (χ2n) is 3.48. The highest BCUT2D eigenvalue weighted by molar-refractivity contribution is 4.68. The molecule has 0 bridgehead atoms. The van der Waals surface area contributed by atoms with Crippen LogP contribution in [0.5, 0.6) is 0 Å². The van der Waals surface area contributed by atoms with Gasteiger partial charge in [0, 0.05) is 0 Å². The Kier molecular flexibility index (Phi) is 4.62. The zero-order valence-corrected chi connectivity index (χ0v) is 8.38. The fraction of sp³-hybridized carbons (Fsp3) is 1.00. The molecule has 1 rings (SSSR count). The molecule has 0 radical (unpaired) electrons. The maximum absolute atomic E-state index is 5.15. The molecule has 72 valence electrons. The Morgan fingerprint density at radius 1 is 1.25 bits per heavy atom. The molecule has 0 aromatic carbocycles. The lowest BCUT2D eigenvalue weighted by Gasteiger charge is -2.17. The molecule has 0 aliphatic carbocycles. The fourth-order valence-electron chi connectivity index (χ4n) is 1.48. The number of rotatable bonds is 7. The van der Waals surface area contributed by atoms with E-state index in [-0.39, 0.29) is 0 Å². The fourth-order valence-corrected chi connectivity index (χ4v) is 1.48.